The molecule has 0 radical (unpaired) electrons. The number of amides is 2. The van der Waals surface area contributed by atoms with E-state index in [4.69, 9.17) is 13.9 Å². The number of nitrogens with one attached hydrogen (secondary N) is 2. The number of hydrogen-bond acceptors (Lipinski definition) is 7. The first-order valence-electron chi connectivity index (χ1n) is 12.4. The maximum atomic E-state index is 13.1. The molecule has 6 rings (SSSR count). The molecule has 0 unspecified atom stereocenters. The molecule has 0 spiro atoms. The first-order valence-corrected chi connectivity index (χ1v) is 12.4. The first-order chi connectivity index (χ1) is 18.1. The average molecular weight is 499 g/mol. The number of nitrogens with zero attached hydrogens (tertiary/aromatic N) is 2. The molecular formula is C28H26N4O5. The van der Waals surface area contributed by atoms with E-state index in [1.54, 1.807) is 42.5 Å². The third-order valence-electron chi connectivity index (χ3n) is 6.65. The van der Waals surface area contributed by atoms with Crippen molar-refractivity contribution in [2.24, 2.45) is 5.92 Å². The highest BCUT2D eigenvalue weighted by Gasteiger charge is 2.28. The number of piperidine rings is 1. The van der Waals surface area contributed by atoms with Crippen LogP contribution in [0, 0.1) is 5.92 Å². The van der Waals surface area contributed by atoms with Crippen molar-refractivity contribution >= 4 is 40.3 Å². The predicted molar refractivity (Wildman–Crippen MR) is 139 cm³/mol. The van der Waals surface area contributed by atoms with Gasteiger partial charge in [0.15, 0.2) is 17.1 Å². The summed E-state index contributed by atoms with van der Waals surface area (Å²) in [5, 5.41) is 5.86. The van der Waals surface area contributed by atoms with Crippen molar-refractivity contribution in [2.45, 2.75) is 12.8 Å². The van der Waals surface area contributed by atoms with Crippen LogP contribution < -0.4 is 25.0 Å². The summed E-state index contributed by atoms with van der Waals surface area (Å²) in [6.07, 6.45) is 1.33. The molecular weight excluding hydrogens is 472 g/mol. The van der Waals surface area contributed by atoms with Crippen molar-refractivity contribution in [2.75, 3.05) is 41.8 Å². The number of hydrogen-bond donors (Lipinski definition) is 2. The van der Waals surface area contributed by atoms with Gasteiger partial charge in [0.05, 0.1) is 11.3 Å². The van der Waals surface area contributed by atoms with Gasteiger partial charge in [0, 0.05) is 30.8 Å². The van der Waals surface area contributed by atoms with E-state index >= 15 is 0 Å². The maximum Gasteiger partial charge on any atom is 0.298 e. The van der Waals surface area contributed by atoms with Gasteiger partial charge in [-0.1, -0.05) is 24.3 Å². The number of carbonyl (C=O) groups excluding carboxylic acids is 2. The van der Waals surface area contributed by atoms with Crippen LogP contribution in [0.4, 0.5) is 17.4 Å². The highest BCUT2D eigenvalue weighted by atomic mass is 16.6. The number of carbonyl (C=O) groups is 2. The van der Waals surface area contributed by atoms with Gasteiger partial charge in [-0.25, -0.2) is 0 Å². The molecule has 0 aliphatic carbocycles. The summed E-state index contributed by atoms with van der Waals surface area (Å²) in [6.45, 7) is 2.29. The first kappa shape index (κ1) is 22.9. The molecule has 2 aliphatic rings. The SMILES string of the molecule is O=C(Nc1ccc2c(c1)OCCO2)c1ccccc1NC(=O)C1CCN(c2nc3ccccc3o2)CC1. The Hall–Kier alpha value is -4.53. The van der Waals surface area contributed by atoms with Crippen molar-refractivity contribution in [3.8, 4) is 11.5 Å². The molecule has 3 aromatic carbocycles. The van der Waals surface area contributed by atoms with E-state index in [0.29, 0.717) is 73.6 Å². The zero-order valence-electron chi connectivity index (χ0n) is 20.1. The highest BCUT2D eigenvalue weighted by molar-refractivity contribution is 6.10. The summed E-state index contributed by atoms with van der Waals surface area (Å²) >= 11 is 0. The summed E-state index contributed by atoms with van der Waals surface area (Å²) in [5.41, 5.74) is 3.02. The van der Waals surface area contributed by atoms with Gasteiger partial charge in [-0.15, -0.1) is 0 Å². The maximum absolute atomic E-state index is 13.1. The number of para-hydroxylation sites is 3. The number of aromatic nitrogens is 1. The Morgan fingerprint density at radius 1 is 0.865 bits per heavy atom. The molecule has 37 heavy (non-hydrogen) atoms. The highest BCUT2D eigenvalue weighted by Crippen LogP contribution is 2.33. The number of ether oxygens (including phenoxy) is 2. The fourth-order valence-corrected chi connectivity index (χ4v) is 4.67. The molecule has 3 heterocycles. The lowest BCUT2D eigenvalue weighted by Crippen LogP contribution is -2.38. The van der Waals surface area contributed by atoms with Gasteiger partial charge in [-0.2, -0.15) is 4.98 Å². The molecule has 2 amide bonds. The van der Waals surface area contributed by atoms with Crippen LogP contribution in [0.15, 0.2) is 71.1 Å². The molecule has 2 N–H and O–H groups in total. The fourth-order valence-electron chi connectivity index (χ4n) is 4.67. The van der Waals surface area contributed by atoms with Crippen molar-refractivity contribution in [1.82, 2.24) is 4.98 Å². The number of benzene rings is 3. The Labute approximate surface area is 213 Å². The molecule has 9 heteroatoms. The minimum atomic E-state index is -0.321. The van der Waals surface area contributed by atoms with Gasteiger partial charge >= 0.3 is 0 Å². The van der Waals surface area contributed by atoms with E-state index in [2.05, 4.69) is 20.5 Å². The summed E-state index contributed by atoms with van der Waals surface area (Å²) in [7, 11) is 0. The molecule has 9 nitrogen and oxygen atoms in total. The van der Waals surface area contributed by atoms with E-state index in [1.807, 2.05) is 24.3 Å². The lowest BCUT2D eigenvalue weighted by molar-refractivity contribution is -0.120. The van der Waals surface area contributed by atoms with Crippen LogP contribution in [-0.4, -0.2) is 43.1 Å². The topological polar surface area (TPSA) is 106 Å². The molecule has 4 aromatic rings. The van der Waals surface area contributed by atoms with E-state index in [9.17, 15) is 9.59 Å². The Kier molecular flexibility index (Phi) is 6.10. The van der Waals surface area contributed by atoms with Gasteiger partial charge in [-0.05, 0) is 49.2 Å². The fraction of sp³-hybridized carbons (Fsp3) is 0.250. The largest absolute Gasteiger partial charge is 0.486 e. The van der Waals surface area contributed by atoms with Gasteiger partial charge in [0.1, 0.15) is 18.7 Å². The van der Waals surface area contributed by atoms with Crippen molar-refractivity contribution < 1.29 is 23.5 Å². The summed E-state index contributed by atoms with van der Waals surface area (Å²) < 4.78 is 17.0. The zero-order chi connectivity index (χ0) is 25.2. The minimum absolute atomic E-state index is 0.100. The van der Waals surface area contributed by atoms with Gasteiger partial charge in [0.2, 0.25) is 5.91 Å². The predicted octanol–water partition coefficient (Wildman–Crippen LogP) is 4.71. The normalized spacial score (nSPS) is 15.4. The lowest BCUT2D eigenvalue weighted by atomic mass is 9.96. The van der Waals surface area contributed by atoms with Crippen LogP contribution in [0.5, 0.6) is 11.5 Å². The van der Waals surface area contributed by atoms with Gasteiger partial charge in [0.25, 0.3) is 11.9 Å². The zero-order valence-corrected chi connectivity index (χ0v) is 20.1. The van der Waals surface area contributed by atoms with Crippen LogP contribution in [0.1, 0.15) is 23.2 Å². The van der Waals surface area contributed by atoms with Crippen molar-refractivity contribution in [3.05, 3.63) is 72.3 Å². The second kappa shape index (κ2) is 9.85. The summed E-state index contributed by atoms with van der Waals surface area (Å²) in [6, 6.07) is 20.5. The van der Waals surface area contributed by atoms with Crippen LogP contribution >= 0.6 is 0 Å². The molecule has 1 fully saturated rings. The number of oxazole rings is 1. The molecule has 188 valence electrons. The molecule has 1 aromatic heterocycles. The third-order valence-corrected chi connectivity index (χ3v) is 6.65. The monoisotopic (exact) mass is 498 g/mol. The molecule has 0 bridgehead atoms. The smallest absolute Gasteiger partial charge is 0.298 e. The number of rotatable bonds is 5. The molecule has 2 aliphatic heterocycles. The van der Waals surface area contributed by atoms with Gasteiger partial charge in [-0.3, -0.25) is 9.59 Å². The second-order valence-electron chi connectivity index (χ2n) is 9.07. The molecule has 0 saturated carbocycles. The Morgan fingerprint density at radius 2 is 1.62 bits per heavy atom. The standard InChI is InChI=1S/C28H26N4O5/c33-26(18-11-13-32(14-12-18)28-31-22-7-3-4-8-23(22)37-28)30-21-6-2-1-5-20(21)27(34)29-19-9-10-24-25(17-19)36-16-15-35-24/h1-10,17-18H,11-16H2,(H,29,34)(H,30,33). The van der Waals surface area contributed by atoms with E-state index < -0.39 is 0 Å². The minimum Gasteiger partial charge on any atom is -0.486 e. The van der Waals surface area contributed by atoms with Crippen LogP contribution in [0.3, 0.4) is 0 Å². The molecule has 0 atom stereocenters. The van der Waals surface area contributed by atoms with Crippen molar-refractivity contribution in [1.29, 1.82) is 0 Å². The van der Waals surface area contributed by atoms with Crippen LogP contribution in [0.2, 0.25) is 0 Å². The Morgan fingerprint density at radius 3 is 2.46 bits per heavy atom. The quantitative estimate of drug-likeness (QED) is 0.411. The third kappa shape index (κ3) is 4.80. The Bertz CT molecular complexity index is 1420. The lowest BCUT2D eigenvalue weighted by Gasteiger charge is -2.30. The van der Waals surface area contributed by atoms with Crippen LogP contribution in [0.25, 0.3) is 11.1 Å². The van der Waals surface area contributed by atoms with Gasteiger partial charge < -0.3 is 29.4 Å². The van der Waals surface area contributed by atoms with E-state index in [1.165, 1.54) is 0 Å². The average Bonchev–Trinajstić information content (AvgIpc) is 3.38. The number of anilines is 3. The van der Waals surface area contributed by atoms with Crippen molar-refractivity contribution in [3.63, 3.8) is 0 Å². The van der Waals surface area contributed by atoms with E-state index in [-0.39, 0.29) is 17.7 Å². The second-order valence-corrected chi connectivity index (χ2v) is 9.07. The summed E-state index contributed by atoms with van der Waals surface area (Å²) in [4.78, 5) is 32.8. The summed E-state index contributed by atoms with van der Waals surface area (Å²) in [5.74, 6) is 0.651. The Balaban J connectivity index is 1.09. The van der Waals surface area contributed by atoms with Crippen LogP contribution in [-0.2, 0) is 4.79 Å². The molecule has 1 saturated heterocycles. The number of fused-ring (bicyclic) bond motifs is 2. The van der Waals surface area contributed by atoms with E-state index in [0.717, 1.165) is 11.1 Å².